The molecule has 28 heavy (non-hydrogen) atoms. The summed E-state index contributed by atoms with van der Waals surface area (Å²) in [4.78, 5) is 27.3. The standard InChI is InChI=1S/C21H18BrNO5/c1-26-17-5-3-4-14(20(17)27-2)15-10-18(24)23(13-8-6-12(22)7-9-13)16-11-28-21(25)19(15)16/h3-9,15H,10-11H2,1-2H3/t15-/m0/s1. The van der Waals surface area contributed by atoms with Gasteiger partial charge in [0.1, 0.15) is 6.61 Å². The first kappa shape index (κ1) is 18.6. The van der Waals surface area contributed by atoms with Gasteiger partial charge in [-0.25, -0.2) is 4.79 Å². The van der Waals surface area contributed by atoms with Crippen molar-refractivity contribution in [2.24, 2.45) is 0 Å². The highest BCUT2D eigenvalue weighted by Gasteiger charge is 2.44. The molecule has 2 heterocycles. The minimum Gasteiger partial charge on any atom is -0.493 e. The minimum atomic E-state index is -0.450. The number of esters is 1. The molecule has 0 aliphatic carbocycles. The van der Waals surface area contributed by atoms with Crippen LogP contribution in [0.25, 0.3) is 0 Å². The number of nitrogens with zero attached hydrogens (tertiary/aromatic N) is 1. The Morgan fingerprint density at radius 3 is 2.50 bits per heavy atom. The van der Waals surface area contributed by atoms with Gasteiger partial charge in [0.25, 0.3) is 0 Å². The predicted molar refractivity (Wildman–Crippen MR) is 107 cm³/mol. The van der Waals surface area contributed by atoms with E-state index < -0.39 is 11.9 Å². The molecule has 0 saturated carbocycles. The van der Waals surface area contributed by atoms with Crippen molar-refractivity contribution in [3.05, 3.63) is 63.8 Å². The molecule has 0 spiro atoms. The number of carbonyl (C=O) groups excluding carboxylic acids is 2. The summed E-state index contributed by atoms with van der Waals surface area (Å²) in [7, 11) is 3.10. The number of halogens is 1. The summed E-state index contributed by atoms with van der Waals surface area (Å²) >= 11 is 3.40. The second-order valence-electron chi connectivity index (χ2n) is 6.48. The summed E-state index contributed by atoms with van der Waals surface area (Å²) in [5.74, 6) is 0.116. The van der Waals surface area contributed by atoms with E-state index in [1.807, 2.05) is 36.4 Å². The highest BCUT2D eigenvalue weighted by atomic mass is 79.9. The van der Waals surface area contributed by atoms with Crippen LogP contribution in [0.1, 0.15) is 17.9 Å². The highest BCUT2D eigenvalue weighted by Crippen LogP contribution is 2.46. The molecular weight excluding hydrogens is 426 g/mol. The van der Waals surface area contributed by atoms with E-state index in [1.165, 1.54) is 0 Å². The third kappa shape index (κ3) is 2.96. The van der Waals surface area contributed by atoms with Crippen molar-refractivity contribution in [1.29, 1.82) is 0 Å². The van der Waals surface area contributed by atoms with E-state index >= 15 is 0 Å². The summed E-state index contributed by atoms with van der Waals surface area (Å²) in [6.07, 6.45) is 0.132. The van der Waals surface area contributed by atoms with Gasteiger partial charge in [-0.2, -0.15) is 0 Å². The Balaban J connectivity index is 1.85. The van der Waals surface area contributed by atoms with Gasteiger partial charge in [-0.15, -0.1) is 0 Å². The minimum absolute atomic E-state index is 0.0682. The molecule has 1 atom stereocenters. The van der Waals surface area contributed by atoms with Crippen LogP contribution >= 0.6 is 15.9 Å². The van der Waals surface area contributed by atoms with Gasteiger partial charge in [-0.05, 0) is 30.3 Å². The number of amides is 1. The van der Waals surface area contributed by atoms with E-state index in [9.17, 15) is 9.59 Å². The molecule has 0 unspecified atom stereocenters. The summed E-state index contributed by atoms with van der Waals surface area (Å²) in [5.41, 5.74) is 2.51. The largest absolute Gasteiger partial charge is 0.493 e. The molecule has 0 fully saturated rings. The number of benzene rings is 2. The number of hydrogen-bond acceptors (Lipinski definition) is 5. The van der Waals surface area contributed by atoms with Crippen LogP contribution in [0, 0.1) is 0 Å². The molecule has 6 nitrogen and oxygen atoms in total. The quantitative estimate of drug-likeness (QED) is 0.672. The van der Waals surface area contributed by atoms with Gasteiger partial charge >= 0.3 is 5.97 Å². The second-order valence-corrected chi connectivity index (χ2v) is 7.40. The first-order valence-electron chi connectivity index (χ1n) is 8.74. The summed E-state index contributed by atoms with van der Waals surface area (Å²) in [6.45, 7) is 0.0682. The van der Waals surface area contributed by atoms with E-state index in [1.54, 1.807) is 25.2 Å². The zero-order chi connectivity index (χ0) is 19.8. The van der Waals surface area contributed by atoms with E-state index in [2.05, 4.69) is 15.9 Å². The molecule has 2 aliphatic rings. The van der Waals surface area contributed by atoms with Crippen molar-refractivity contribution in [3.8, 4) is 11.5 Å². The lowest BCUT2D eigenvalue weighted by molar-refractivity contribution is -0.136. The van der Waals surface area contributed by atoms with Crippen LogP contribution in [-0.4, -0.2) is 32.7 Å². The Kier molecular flexibility index (Phi) is 4.85. The van der Waals surface area contributed by atoms with E-state index in [0.29, 0.717) is 28.5 Å². The van der Waals surface area contributed by atoms with Crippen molar-refractivity contribution in [1.82, 2.24) is 0 Å². The topological polar surface area (TPSA) is 65.1 Å². The Hall–Kier alpha value is -2.80. The first-order valence-corrected chi connectivity index (χ1v) is 9.54. The molecule has 0 N–H and O–H groups in total. The third-order valence-electron chi connectivity index (χ3n) is 5.01. The maximum Gasteiger partial charge on any atom is 0.336 e. The molecular formula is C21H18BrNO5. The molecule has 144 valence electrons. The molecule has 0 aromatic heterocycles. The Morgan fingerprint density at radius 2 is 1.82 bits per heavy atom. The first-order chi connectivity index (χ1) is 13.5. The molecule has 0 bridgehead atoms. The number of ether oxygens (including phenoxy) is 3. The fraction of sp³-hybridized carbons (Fsp3) is 0.238. The maximum absolute atomic E-state index is 13.1. The molecule has 0 saturated heterocycles. The summed E-state index contributed by atoms with van der Waals surface area (Å²) < 4.78 is 17.1. The fourth-order valence-electron chi connectivity index (χ4n) is 3.80. The van der Waals surface area contributed by atoms with Crippen molar-refractivity contribution in [2.45, 2.75) is 12.3 Å². The Bertz CT molecular complexity index is 983. The number of para-hydroxylation sites is 1. The third-order valence-corrected chi connectivity index (χ3v) is 5.54. The fourth-order valence-corrected chi connectivity index (χ4v) is 4.06. The van der Waals surface area contributed by atoms with Gasteiger partial charge in [0.05, 0.1) is 25.5 Å². The van der Waals surface area contributed by atoms with Gasteiger partial charge in [0, 0.05) is 28.1 Å². The normalized spacial score (nSPS) is 18.8. The Morgan fingerprint density at radius 1 is 1.07 bits per heavy atom. The molecule has 1 amide bonds. The molecule has 7 heteroatoms. The molecule has 2 aromatic carbocycles. The van der Waals surface area contributed by atoms with E-state index in [0.717, 1.165) is 10.0 Å². The van der Waals surface area contributed by atoms with Crippen molar-refractivity contribution < 1.29 is 23.8 Å². The van der Waals surface area contributed by atoms with Gasteiger partial charge in [-0.3, -0.25) is 9.69 Å². The molecule has 2 aromatic rings. The number of hydrogen-bond donors (Lipinski definition) is 0. The lowest BCUT2D eigenvalue weighted by atomic mass is 9.83. The van der Waals surface area contributed by atoms with Crippen molar-refractivity contribution in [2.75, 3.05) is 25.7 Å². The van der Waals surface area contributed by atoms with E-state index in [4.69, 9.17) is 14.2 Å². The monoisotopic (exact) mass is 443 g/mol. The lowest BCUT2D eigenvalue weighted by Crippen LogP contribution is -2.37. The SMILES string of the molecule is COc1cccc([C@@H]2CC(=O)N(c3ccc(Br)cc3)C3=C2C(=O)OC3)c1OC. The molecule has 2 aliphatic heterocycles. The van der Waals surface area contributed by atoms with Crippen LogP contribution in [0.2, 0.25) is 0 Å². The highest BCUT2D eigenvalue weighted by molar-refractivity contribution is 9.10. The molecule has 0 radical (unpaired) electrons. The van der Waals surface area contributed by atoms with Crippen LogP contribution in [0.3, 0.4) is 0 Å². The van der Waals surface area contributed by atoms with Crippen LogP contribution < -0.4 is 14.4 Å². The van der Waals surface area contributed by atoms with Gasteiger partial charge < -0.3 is 14.2 Å². The maximum atomic E-state index is 13.1. The van der Waals surface area contributed by atoms with Crippen molar-refractivity contribution in [3.63, 3.8) is 0 Å². The average Bonchev–Trinajstić information content (AvgIpc) is 3.09. The predicted octanol–water partition coefficient (Wildman–Crippen LogP) is 3.80. The van der Waals surface area contributed by atoms with Crippen LogP contribution in [0.4, 0.5) is 5.69 Å². The van der Waals surface area contributed by atoms with Gasteiger partial charge in [0.2, 0.25) is 5.91 Å². The number of carbonyl (C=O) groups is 2. The zero-order valence-corrected chi connectivity index (χ0v) is 17.0. The smallest absolute Gasteiger partial charge is 0.336 e. The van der Waals surface area contributed by atoms with Crippen molar-refractivity contribution >= 4 is 33.5 Å². The van der Waals surface area contributed by atoms with E-state index in [-0.39, 0.29) is 18.9 Å². The number of anilines is 1. The van der Waals surface area contributed by atoms with Gasteiger partial charge in [0.15, 0.2) is 11.5 Å². The number of methoxy groups -OCH3 is 2. The average molecular weight is 444 g/mol. The summed E-state index contributed by atoms with van der Waals surface area (Å²) in [6, 6.07) is 12.8. The number of cyclic esters (lactones) is 1. The lowest BCUT2D eigenvalue weighted by Gasteiger charge is -2.32. The van der Waals surface area contributed by atoms with Crippen LogP contribution in [0.15, 0.2) is 58.2 Å². The molecule has 4 rings (SSSR count). The van der Waals surface area contributed by atoms with Crippen LogP contribution in [-0.2, 0) is 14.3 Å². The van der Waals surface area contributed by atoms with Crippen LogP contribution in [0.5, 0.6) is 11.5 Å². The second kappa shape index (κ2) is 7.31. The number of rotatable bonds is 4. The zero-order valence-electron chi connectivity index (χ0n) is 15.4. The Labute approximate surface area is 170 Å². The summed E-state index contributed by atoms with van der Waals surface area (Å²) in [5, 5.41) is 0. The van der Waals surface area contributed by atoms with Gasteiger partial charge in [-0.1, -0.05) is 28.1 Å².